The van der Waals surface area contributed by atoms with E-state index in [0.29, 0.717) is 22.7 Å². The quantitative estimate of drug-likeness (QED) is 0.462. The van der Waals surface area contributed by atoms with Crippen molar-refractivity contribution in [1.82, 2.24) is 4.90 Å². The van der Waals surface area contributed by atoms with Crippen LogP contribution in [0.25, 0.3) is 0 Å². The average Bonchev–Trinajstić information content (AvgIpc) is 2.95. The van der Waals surface area contributed by atoms with E-state index >= 15 is 0 Å². The van der Waals surface area contributed by atoms with Crippen molar-refractivity contribution in [3.05, 3.63) is 53.1 Å². The highest BCUT2D eigenvalue weighted by Gasteiger charge is 2.41. The molecule has 28 heavy (non-hydrogen) atoms. The predicted octanol–water partition coefficient (Wildman–Crippen LogP) is 2.19. The zero-order valence-electron chi connectivity index (χ0n) is 15.7. The molecule has 0 aromatic heterocycles. The summed E-state index contributed by atoms with van der Waals surface area (Å²) < 4.78 is 15.3. The van der Waals surface area contributed by atoms with E-state index in [1.54, 1.807) is 24.3 Å². The molecule has 8 heteroatoms. The molecule has 3 rings (SSSR count). The molecule has 0 fully saturated rings. The van der Waals surface area contributed by atoms with Crippen LogP contribution >= 0.6 is 0 Å². The van der Waals surface area contributed by atoms with Crippen LogP contribution in [-0.4, -0.2) is 44.0 Å². The van der Waals surface area contributed by atoms with Crippen LogP contribution in [0.15, 0.2) is 36.4 Å². The number of methoxy groups -OCH3 is 3. The summed E-state index contributed by atoms with van der Waals surface area (Å²) in [4.78, 5) is 39.0. The van der Waals surface area contributed by atoms with Crippen molar-refractivity contribution in [2.75, 3.05) is 27.1 Å². The van der Waals surface area contributed by atoms with Gasteiger partial charge in [0, 0.05) is 5.69 Å². The van der Waals surface area contributed by atoms with Gasteiger partial charge in [0.1, 0.15) is 0 Å². The molecular weight excluding hydrogens is 364 g/mol. The van der Waals surface area contributed by atoms with Gasteiger partial charge in [-0.1, -0.05) is 6.07 Å². The van der Waals surface area contributed by atoms with Gasteiger partial charge in [0.2, 0.25) is 0 Å². The Morgan fingerprint density at radius 2 is 1.64 bits per heavy atom. The fourth-order valence-corrected chi connectivity index (χ4v) is 3.22. The van der Waals surface area contributed by atoms with Crippen LogP contribution < -0.4 is 15.2 Å². The van der Waals surface area contributed by atoms with Crippen molar-refractivity contribution in [2.45, 2.75) is 12.5 Å². The fraction of sp³-hybridized carbons (Fsp3) is 0.250. The van der Waals surface area contributed by atoms with Gasteiger partial charge in [-0.15, -0.1) is 0 Å². The number of nitrogen functional groups attached to an aromatic ring is 1. The number of carbonyl (C=O) groups excluding carboxylic acids is 3. The van der Waals surface area contributed by atoms with E-state index in [1.807, 2.05) is 0 Å². The lowest BCUT2D eigenvalue weighted by Gasteiger charge is -2.26. The molecule has 2 aromatic carbocycles. The number of hydrogen-bond donors (Lipinski definition) is 1. The number of carbonyl (C=O) groups is 3. The first-order valence-electron chi connectivity index (χ1n) is 8.47. The van der Waals surface area contributed by atoms with E-state index in [1.165, 1.54) is 33.5 Å². The summed E-state index contributed by atoms with van der Waals surface area (Å²) in [6, 6.07) is 8.60. The van der Waals surface area contributed by atoms with Gasteiger partial charge in [-0.05, 0) is 35.9 Å². The Morgan fingerprint density at radius 1 is 0.964 bits per heavy atom. The molecule has 0 radical (unpaired) electrons. The zero-order chi connectivity index (χ0) is 20.4. The number of amides is 2. The number of imide groups is 1. The molecular formula is C20H20N2O6. The summed E-state index contributed by atoms with van der Waals surface area (Å²) in [5, 5.41) is 0. The Kier molecular flexibility index (Phi) is 5.21. The zero-order valence-corrected chi connectivity index (χ0v) is 15.7. The van der Waals surface area contributed by atoms with Crippen LogP contribution in [0.4, 0.5) is 5.69 Å². The molecule has 0 aliphatic carbocycles. The first-order valence-corrected chi connectivity index (χ1v) is 8.47. The van der Waals surface area contributed by atoms with Gasteiger partial charge < -0.3 is 19.9 Å². The van der Waals surface area contributed by atoms with Crippen molar-refractivity contribution < 1.29 is 28.6 Å². The summed E-state index contributed by atoms with van der Waals surface area (Å²) in [5.41, 5.74) is 7.12. The van der Waals surface area contributed by atoms with Crippen molar-refractivity contribution in [3.63, 3.8) is 0 Å². The monoisotopic (exact) mass is 384 g/mol. The molecule has 0 saturated heterocycles. The molecule has 0 saturated carbocycles. The lowest BCUT2D eigenvalue weighted by atomic mass is 10.0. The highest BCUT2D eigenvalue weighted by atomic mass is 16.5. The summed E-state index contributed by atoms with van der Waals surface area (Å²) >= 11 is 0. The number of esters is 1. The Morgan fingerprint density at radius 3 is 2.29 bits per heavy atom. The minimum absolute atomic E-state index is 0.201. The molecule has 0 spiro atoms. The minimum Gasteiger partial charge on any atom is -0.493 e. The number of benzene rings is 2. The van der Waals surface area contributed by atoms with Crippen LogP contribution in [0.1, 0.15) is 38.7 Å². The SMILES string of the molecule is COC(=O)CC(c1ccc(OC)c(OC)c1)N1C(=O)c2ccc(N)cc2C1=O. The largest absolute Gasteiger partial charge is 0.493 e. The van der Waals surface area contributed by atoms with Gasteiger partial charge in [-0.2, -0.15) is 0 Å². The molecule has 1 heterocycles. The van der Waals surface area contributed by atoms with Crippen LogP contribution in [0.5, 0.6) is 11.5 Å². The van der Waals surface area contributed by atoms with E-state index in [0.717, 1.165) is 4.90 Å². The standard InChI is InChI=1S/C20H20N2O6/c1-26-16-7-4-11(8-17(16)27-2)15(10-18(23)28-3)22-19(24)13-6-5-12(21)9-14(13)20(22)25/h4-9,15H,10,21H2,1-3H3. The lowest BCUT2D eigenvalue weighted by Crippen LogP contribution is -2.35. The lowest BCUT2D eigenvalue weighted by molar-refractivity contribution is -0.141. The number of nitrogens with zero attached hydrogens (tertiary/aromatic N) is 1. The van der Waals surface area contributed by atoms with E-state index in [9.17, 15) is 14.4 Å². The van der Waals surface area contributed by atoms with Gasteiger partial charge in [0.05, 0.1) is 44.9 Å². The number of ether oxygens (including phenoxy) is 3. The minimum atomic E-state index is -0.874. The van der Waals surface area contributed by atoms with Gasteiger partial charge in [0.15, 0.2) is 11.5 Å². The Bertz CT molecular complexity index is 956. The second-order valence-electron chi connectivity index (χ2n) is 6.20. The number of anilines is 1. The van der Waals surface area contributed by atoms with Gasteiger partial charge in [-0.25, -0.2) is 0 Å². The second-order valence-corrected chi connectivity index (χ2v) is 6.20. The molecule has 146 valence electrons. The highest BCUT2D eigenvalue weighted by Crippen LogP contribution is 2.37. The fourth-order valence-electron chi connectivity index (χ4n) is 3.22. The number of nitrogens with two attached hydrogens (primary N) is 1. The molecule has 1 aliphatic heterocycles. The van der Waals surface area contributed by atoms with Gasteiger partial charge in [-0.3, -0.25) is 19.3 Å². The van der Waals surface area contributed by atoms with Crippen molar-refractivity contribution in [2.24, 2.45) is 0 Å². The van der Waals surface area contributed by atoms with Crippen molar-refractivity contribution >= 4 is 23.5 Å². The molecule has 1 aliphatic rings. The van der Waals surface area contributed by atoms with E-state index < -0.39 is 23.8 Å². The Hall–Kier alpha value is -3.55. The first-order chi connectivity index (χ1) is 13.4. The number of hydrogen-bond acceptors (Lipinski definition) is 7. The van der Waals surface area contributed by atoms with Gasteiger partial charge >= 0.3 is 5.97 Å². The van der Waals surface area contributed by atoms with E-state index in [-0.39, 0.29) is 17.5 Å². The normalized spacial score (nSPS) is 13.9. The molecule has 2 aromatic rings. The maximum Gasteiger partial charge on any atom is 0.307 e. The van der Waals surface area contributed by atoms with Crippen molar-refractivity contribution in [1.29, 1.82) is 0 Å². The van der Waals surface area contributed by atoms with E-state index in [2.05, 4.69) is 0 Å². The third kappa shape index (κ3) is 3.24. The number of fused-ring (bicyclic) bond motifs is 1. The summed E-state index contributed by atoms with van der Waals surface area (Å²) in [5.74, 6) is -0.676. The maximum atomic E-state index is 13.0. The second kappa shape index (κ2) is 7.59. The summed E-state index contributed by atoms with van der Waals surface area (Å²) in [6.45, 7) is 0. The maximum absolute atomic E-state index is 13.0. The van der Waals surface area contributed by atoms with Crippen LogP contribution in [0, 0.1) is 0 Å². The third-order valence-electron chi connectivity index (χ3n) is 4.63. The first kappa shape index (κ1) is 19.2. The van der Waals surface area contributed by atoms with Crippen LogP contribution in [0.2, 0.25) is 0 Å². The number of rotatable bonds is 6. The molecule has 1 unspecified atom stereocenters. The molecule has 2 N–H and O–H groups in total. The van der Waals surface area contributed by atoms with Crippen LogP contribution in [-0.2, 0) is 9.53 Å². The molecule has 0 bridgehead atoms. The summed E-state index contributed by atoms with van der Waals surface area (Å²) in [7, 11) is 4.22. The third-order valence-corrected chi connectivity index (χ3v) is 4.63. The molecule has 8 nitrogen and oxygen atoms in total. The molecule has 1 atom stereocenters. The van der Waals surface area contributed by atoms with E-state index in [4.69, 9.17) is 19.9 Å². The van der Waals surface area contributed by atoms with Crippen molar-refractivity contribution in [3.8, 4) is 11.5 Å². The predicted molar refractivity (Wildman–Crippen MR) is 100 cm³/mol. The Labute approximate surface area is 161 Å². The Balaban J connectivity index is 2.08. The molecule has 2 amide bonds. The van der Waals surface area contributed by atoms with Crippen LogP contribution in [0.3, 0.4) is 0 Å². The topological polar surface area (TPSA) is 108 Å². The van der Waals surface area contributed by atoms with Gasteiger partial charge in [0.25, 0.3) is 11.8 Å². The smallest absolute Gasteiger partial charge is 0.307 e. The highest BCUT2D eigenvalue weighted by molar-refractivity contribution is 6.22. The summed E-state index contributed by atoms with van der Waals surface area (Å²) in [6.07, 6.45) is -0.201. The average molecular weight is 384 g/mol.